The summed E-state index contributed by atoms with van der Waals surface area (Å²) < 4.78 is 19.5. The number of aryl methyl sites for hydroxylation is 1. The van der Waals surface area contributed by atoms with Gasteiger partial charge in [-0.15, -0.1) is 0 Å². The predicted octanol–water partition coefficient (Wildman–Crippen LogP) is 2.78. The molecule has 0 spiro atoms. The van der Waals surface area contributed by atoms with Gasteiger partial charge in [0.1, 0.15) is 18.0 Å². The van der Waals surface area contributed by atoms with Crippen molar-refractivity contribution in [3.8, 4) is 11.1 Å². The highest BCUT2D eigenvalue weighted by molar-refractivity contribution is 5.89. The predicted molar refractivity (Wildman–Crippen MR) is 118 cm³/mol. The fourth-order valence-electron chi connectivity index (χ4n) is 3.50. The molecule has 0 bridgehead atoms. The first kappa shape index (κ1) is 19.7. The number of anilines is 3. The monoisotopic (exact) mass is 433 g/mol. The smallest absolute Gasteiger partial charge is 0.208 e. The standard InChI is InChI=1S/C21H20FN9O/c1-29-12-15(11-26-29)14-8-16(22)10-17(9-14)28-31-4-2-18-19(24-13-25-20(18)31)27-21-23-3-5-30(21)6-7-32/h2-5,8-13,28,32H,6-7H2,1H3,(H,23,24,25,27). The zero-order valence-corrected chi connectivity index (χ0v) is 17.1. The van der Waals surface area contributed by atoms with Crippen molar-refractivity contribution in [2.75, 3.05) is 17.3 Å². The third-order valence-corrected chi connectivity index (χ3v) is 4.95. The molecule has 0 amide bonds. The second-order valence-electron chi connectivity index (χ2n) is 7.18. The quantitative estimate of drug-likeness (QED) is 0.362. The normalized spacial score (nSPS) is 11.2. The topological polar surface area (TPSA) is 111 Å². The van der Waals surface area contributed by atoms with Crippen molar-refractivity contribution >= 4 is 28.5 Å². The van der Waals surface area contributed by atoms with E-state index in [-0.39, 0.29) is 12.4 Å². The Balaban J connectivity index is 1.46. The van der Waals surface area contributed by atoms with E-state index >= 15 is 0 Å². The van der Waals surface area contributed by atoms with Crippen LogP contribution in [-0.4, -0.2) is 45.7 Å². The molecule has 4 aromatic heterocycles. The molecule has 1 aromatic carbocycles. The van der Waals surface area contributed by atoms with Crippen molar-refractivity contribution in [3.05, 3.63) is 67.4 Å². The second-order valence-corrected chi connectivity index (χ2v) is 7.18. The van der Waals surface area contributed by atoms with Crippen molar-refractivity contribution in [2.45, 2.75) is 6.54 Å². The van der Waals surface area contributed by atoms with Gasteiger partial charge in [0.25, 0.3) is 0 Å². The fourth-order valence-corrected chi connectivity index (χ4v) is 3.50. The molecular formula is C21H20FN9O. The van der Waals surface area contributed by atoms with Crippen LogP contribution in [0.2, 0.25) is 0 Å². The third-order valence-electron chi connectivity index (χ3n) is 4.95. The van der Waals surface area contributed by atoms with E-state index in [4.69, 9.17) is 0 Å². The van der Waals surface area contributed by atoms with Crippen LogP contribution in [0.4, 0.5) is 21.8 Å². The van der Waals surface area contributed by atoms with Crippen molar-refractivity contribution in [1.82, 2.24) is 34.0 Å². The molecule has 32 heavy (non-hydrogen) atoms. The van der Waals surface area contributed by atoms with Gasteiger partial charge in [-0.1, -0.05) is 0 Å². The van der Waals surface area contributed by atoms with Crippen LogP contribution in [0.5, 0.6) is 0 Å². The van der Waals surface area contributed by atoms with Gasteiger partial charge < -0.3 is 15.0 Å². The zero-order chi connectivity index (χ0) is 22.1. The van der Waals surface area contributed by atoms with E-state index in [2.05, 4.69) is 30.8 Å². The first-order valence-electron chi connectivity index (χ1n) is 9.88. The first-order valence-corrected chi connectivity index (χ1v) is 9.88. The Bertz CT molecular complexity index is 1390. The maximum absolute atomic E-state index is 14.3. The minimum absolute atomic E-state index is 0.000805. The molecule has 0 aliphatic rings. The summed E-state index contributed by atoms with van der Waals surface area (Å²) in [7, 11) is 1.81. The van der Waals surface area contributed by atoms with E-state index in [0.717, 1.165) is 10.9 Å². The number of aromatic nitrogens is 7. The van der Waals surface area contributed by atoms with E-state index < -0.39 is 0 Å². The molecule has 0 aliphatic heterocycles. The lowest BCUT2D eigenvalue weighted by molar-refractivity contribution is 0.277. The number of aliphatic hydroxyl groups is 1. The Labute approximate surface area is 182 Å². The van der Waals surface area contributed by atoms with Crippen molar-refractivity contribution in [2.24, 2.45) is 7.05 Å². The second kappa shape index (κ2) is 8.12. The third kappa shape index (κ3) is 3.76. The molecule has 5 rings (SSSR count). The van der Waals surface area contributed by atoms with E-state index in [1.165, 1.54) is 18.5 Å². The lowest BCUT2D eigenvalue weighted by Gasteiger charge is -2.11. The maximum Gasteiger partial charge on any atom is 0.208 e. The number of hydrogen-bond acceptors (Lipinski definition) is 7. The number of hydrogen-bond donors (Lipinski definition) is 3. The summed E-state index contributed by atoms with van der Waals surface area (Å²) in [6.07, 6.45) is 10.2. The Morgan fingerprint density at radius 1 is 1.09 bits per heavy atom. The average Bonchev–Trinajstić information content (AvgIpc) is 3.50. The van der Waals surface area contributed by atoms with Gasteiger partial charge in [0.2, 0.25) is 5.95 Å². The van der Waals surface area contributed by atoms with Crippen molar-refractivity contribution in [3.63, 3.8) is 0 Å². The molecular weight excluding hydrogens is 413 g/mol. The molecule has 4 heterocycles. The van der Waals surface area contributed by atoms with Crippen LogP contribution >= 0.6 is 0 Å². The lowest BCUT2D eigenvalue weighted by atomic mass is 10.1. The molecule has 0 radical (unpaired) electrons. The summed E-state index contributed by atoms with van der Waals surface area (Å²) in [5, 5.41) is 17.3. The van der Waals surface area contributed by atoms with Gasteiger partial charge in [0, 0.05) is 43.9 Å². The van der Waals surface area contributed by atoms with Crippen LogP contribution in [0.25, 0.3) is 22.2 Å². The van der Waals surface area contributed by atoms with E-state index in [1.54, 1.807) is 38.7 Å². The molecule has 11 heteroatoms. The number of nitrogens with zero attached hydrogens (tertiary/aromatic N) is 7. The highest BCUT2D eigenvalue weighted by atomic mass is 19.1. The number of aliphatic hydroxyl groups excluding tert-OH is 1. The minimum Gasteiger partial charge on any atom is -0.395 e. The molecule has 0 atom stereocenters. The molecule has 162 valence electrons. The summed E-state index contributed by atoms with van der Waals surface area (Å²) in [5.41, 5.74) is 5.88. The molecule has 0 saturated heterocycles. The van der Waals surface area contributed by atoms with Crippen LogP contribution in [0.3, 0.4) is 0 Å². The van der Waals surface area contributed by atoms with Crippen molar-refractivity contribution < 1.29 is 9.50 Å². The largest absolute Gasteiger partial charge is 0.395 e. The average molecular weight is 433 g/mol. The van der Waals surface area contributed by atoms with Gasteiger partial charge in [-0.05, 0) is 29.8 Å². The van der Waals surface area contributed by atoms with Crippen LogP contribution in [-0.2, 0) is 13.6 Å². The first-order chi connectivity index (χ1) is 15.6. The Kier molecular flexibility index (Phi) is 5.00. The van der Waals surface area contributed by atoms with Gasteiger partial charge in [0.05, 0.1) is 23.9 Å². The summed E-state index contributed by atoms with van der Waals surface area (Å²) in [5.74, 6) is 0.764. The van der Waals surface area contributed by atoms with Crippen LogP contribution in [0, 0.1) is 5.82 Å². The SMILES string of the molecule is Cn1cc(-c2cc(F)cc(Nn3ccc4c(Nc5nccn5CCO)ncnc43)c2)cn1. The van der Waals surface area contributed by atoms with Gasteiger partial charge in [0.15, 0.2) is 5.65 Å². The van der Waals surface area contributed by atoms with Gasteiger partial charge in [-0.3, -0.25) is 10.1 Å². The molecule has 3 N–H and O–H groups in total. The van der Waals surface area contributed by atoms with E-state index in [0.29, 0.717) is 35.2 Å². The number of imidazole rings is 1. The van der Waals surface area contributed by atoms with Gasteiger partial charge in [-0.2, -0.15) is 5.10 Å². The lowest BCUT2D eigenvalue weighted by Crippen LogP contribution is -2.10. The summed E-state index contributed by atoms with van der Waals surface area (Å²) in [6.45, 7) is 0.414. The minimum atomic E-state index is -0.363. The van der Waals surface area contributed by atoms with Gasteiger partial charge >= 0.3 is 0 Å². The zero-order valence-electron chi connectivity index (χ0n) is 17.1. The van der Waals surface area contributed by atoms with E-state index in [1.807, 2.05) is 25.4 Å². The molecule has 0 saturated carbocycles. The number of rotatable bonds is 7. The van der Waals surface area contributed by atoms with Gasteiger partial charge in [-0.25, -0.2) is 24.0 Å². The highest BCUT2D eigenvalue weighted by Gasteiger charge is 2.12. The van der Waals surface area contributed by atoms with Crippen LogP contribution in [0.1, 0.15) is 0 Å². The number of halogens is 1. The number of fused-ring (bicyclic) bond motifs is 1. The molecule has 0 fully saturated rings. The van der Waals surface area contributed by atoms with Crippen molar-refractivity contribution in [1.29, 1.82) is 0 Å². The molecule has 0 aliphatic carbocycles. The summed E-state index contributed by atoms with van der Waals surface area (Å²) >= 11 is 0. The molecule has 10 nitrogen and oxygen atoms in total. The van der Waals surface area contributed by atoms with Crippen LogP contribution < -0.4 is 10.7 Å². The fraction of sp³-hybridized carbons (Fsp3) is 0.143. The molecule has 5 aromatic rings. The summed E-state index contributed by atoms with van der Waals surface area (Å²) in [4.78, 5) is 13.0. The molecule has 0 unspecified atom stereocenters. The van der Waals surface area contributed by atoms with Crippen LogP contribution in [0.15, 0.2) is 61.6 Å². The number of benzene rings is 1. The van der Waals surface area contributed by atoms with E-state index in [9.17, 15) is 9.50 Å². The summed E-state index contributed by atoms with van der Waals surface area (Å²) in [6, 6.07) is 6.58. The Morgan fingerprint density at radius 2 is 2.00 bits per heavy atom. The Morgan fingerprint density at radius 3 is 2.81 bits per heavy atom. The maximum atomic E-state index is 14.3. The number of nitrogens with one attached hydrogen (secondary N) is 2. The highest BCUT2D eigenvalue weighted by Crippen LogP contribution is 2.26. The Hall–Kier alpha value is -4.25.